The topological polar surface area (TPSA) is 75.4 Å². The number of hydrogen-bond acceptors (Lipinski definition) is 4. The van der Waals surface area contributed by atoms with E-state index in [2.05, 4.69) is 17.4 Å². The molecular weight excluding hydrogens is 349 g/mol. The van der Waals surface area contributed by atoms with Crippen molar-refractivity contribution in [2.75, 3.05) is 6.54 Å². The lowest BCUT2D eigenvalue weighted by molar-refractivity contribution is -0.133. The van der Waals surface area contributed by atoms with Gasteiger partial charge in [-0.05, 0) is 37.0 Å². The summed E-state index contributed by atoms with van der Waals surface area (Å²) in [6.45, 7) is 3.36. The quantitative estimate of drug-likeness (QED) is 0.732. The number of carbonyl (C=O) groups excluding carboxylic acids is 2. The van der Waals surface area contributed by atoms with Gasteiger partial charge in [-0.3, -0.25) is 9.59 Å². The lowest BCUT2D eigenvalue weighted by atomic mass is 10.2. The molecule has 2 amide bonds. The van der Waals surface area contributed by atoms with E-state index in [-0.39, 0.29) is 35.8 Å². The van der Waals surface area contributed by atoms with E-state index in [4.69, 9.17) is 4.52 Å². The van der Waals surface area contributed by atoms with Crippen LogP contribution in [0.2, 0.25) is 0 Å². The minimum atomic E-state index is -0.372. The first-order valence-corrected chi connectivity index (χ1v) is 9.34. The molecule has 1 aromatic heterocycles. The van der Waals surface area contributed by atoms with Gasteiger partial charge in [0.25, 0.3) is 5.91 Å². The lowest BCUT2D eigenvalue weighted by Gasteiger charge is -2.21. The molecule has 6 nitrogen and oxygen atoms in total. The molecule has 1 aliphatic carbocycles. The van der Waals surface area contributed by atoms with Gasteiger partial charge < -0.3 is 14.7 Å². The first-order chi connectivity index (χ1) is 13.1. The van der Waals surface area contributed by atoms with Crippen LogP contribution in [0, 0.1) is 11.7 Å². The Balaban J connectivity index is 1.56. The van der Waals surface area contributed by atoms with E-state index in [1.54, 1.807) is 23.1 Å². The molecule has 1 saturated carbocycles. The van der Waals surface area contributed by atoms with Crippen molar-refractivity contribution in [2.24, 2.45) is 5.92 Å². The molecule has 2 aromatic rings. The van der Waals surface area contributed by atoms with Crippen molar-refractivity contribution in [1.82, 2.24) is 15.4 Å². The number of amides is 2. The summed E-state index contributed by atoms with van der Waals surface area (Å²) in [6.07, 6.45) is 3.84. The molecule has 27 heavy (non-hydrogen) atoms. The van der Waals surface area contributed by atoms with Gasteiger partial charge in [0.05, 0.1) is 6.54 Å². The fourth-order valence-electron chi connectivity index (χ4n) is 2.76. The second-order valence-corrected chi connectivity index (χ2v) is 6.88. The van der Waals surface area contributed by atoms with Crippen LogP contribution in [0.25, 0.3) is 0 Å². The summed E-state index contributed by atoms with van der Waals surface area (Å²) in [6, 6.07) is 7.48. The maximum Gasteiger partial charge on any atom is 0.273 e. The normalized spacial score (nSPS) is 13.4. The van der Waals surface area contributed by atoms with Crippen LogP contribution in [0.3, 0.4) is 0 Å². The smallest absolute Gasteiger partial charge is 0.273 e. The number of carbonyl (C=O) groups is 2. The molecule has 1 heterocycles. The van der Waals surface area contributed by atoms with Crippen LogP contribution in [0.1, 0.15) is 54.4 Å². The van der Waals surface area contributed by atoms with Gasteiger partial charge in [-0.1, -0.05) is 30.6 Å². The SMILES string of the molecule is CCCCN(Cc1cc(C(=O)NCc2ccc(F)cc2)no1)C(=O)C1CC1. The van der Waals surface area contributed by atoms with Crippen LogP contribution in [0.15, 0.2) is 34.9 Å². The van der Waals surface area contributed by atoms with Gasteiger partial charge in [0, 0.05) is 25.1 Å². The Morgan fingerprint density at radius 3 is 2.70 bits per heavy atom. The number of halogens is 1. The summed E-state index contributed by atoms with van der Waals surface area (Å²) in [5, 5.41) is 6.53. The molecule has 0 saturated heterocycles. The molecule has 0 aliphatic heterocycles. The average molecular weight is 373 g/mol. The largest absolute Gasteiger partial charge is 0.359 e. The Kier molecular flexibility index (Phi) is 6.21. The third-order valence-corrected chi connectivity index (χ3v) is 4.52. The van der Waals surface area contributed by atoms with Crippen LogP contribution in [-0.2, 0) is 17.9 Å². The fraction of sp³-hybridized carbons (Fsp3) is 0.450. The number of hydrogen-bond donors (Lipinski definition) is 1. The summed E-state index contributed by atoms with van der Waals surface area (Å²) in [4.78, 5) is 26.4. The van der Waals surface area contributed by atoms with Gasteiger partial charge in [0.2, 0.25) is 5.91 Å². The van der Waals surface area contributed by atoms with Gasteiger partial charge in [0.1, 0.15) is 5.82 Å². The fourth-order valence-corrected chi connectivity index (χ4v) is 2.76. The Morgan fingerprint density at radius 1 is 1.30 bits per heavy atom. The van der Waals surface area contributed by atoms with Crippen molar-refractivity contribution in [2.45, 2.75) is 45.7 Å². The Hall–Kier alpha value is -2.70. The van der Waals surface area contributed by atoms with E-state index in [1.807, 2.05) is 0 Å². The van der Waals surface area contributed by atoms with E-state index < -0.39 is 0 Å². The number of nitrogens with zero attached hydrogens (tertiary/aromatic N) is 2. The highest BCUT2D eigenvalue weighted by Crippen LogP contribution is 2.31. The number of rotatable bonds is 9. The van der Waals surface area contributed by atoms with Crippen molar-refractivity contribution in [3.8, 4) is 0 Å². The minimum absolute atomic E-state index is 0.142. The van der Waals surface area contributed by atoms with E-state index in [1.165, 1.54) is 12.1 Å². The summed E-state index contributed by atoms with van der Waals surface area (Å²) in [5.41, 5.74) is 0.954. The van der Waals surface area contributed by atoms with Crippen LogP contribution >= 0.6 is 0 Å². The van der Waals surface area contributed by atoms with Crippen LogP contribution in [-0.4, -0.2) is 28.4 Å². The zero-order chi connectivity index (χ0) is 19.2. The zero-order valence-corrected chi connectivity index (χ0v) is 15.4. The number of nitrogens with one attached hydrogen (secondary N) is 1. The molecule has 1 fully saturated rings. The Labute approximate surface area is 157 Å². The van der Waals surface area contributed by atoms with E-state index >= 15 is 0 Å². The Morgan fingerprint density at radius 2 is 2.04 bits per heavy atom. The maximum atomic E-state index is 12.9. The third kappa shape index (κ3) is 5.39. The molecule has 0 spiro atoms. The summed E-state index contributed by atoms with van der Waals surface area (Å²) in [7, 11) is 0. The molecule has 1 N–H and O–H groups in total. The second-order valence-electron chi connectivity index (χ2n) is 6.88. The molecule has 0 radical (unpaired) electrons. The van der Waals surface area contributed by atoms with Crippen LogP contribution in [0.5, 0.6) is 0 Å². The first kappa shape index (κ1) is 19.1. The zero-order valence-electron chi connectivity index (χ0n) is 15.4. The van der Waals surface area contributed by atoms with Crippen molar-refractivity contribution in [3.05, 3.63) is 53.2 Å². The van der Waals surface area contributed by atoms with Crippen molar-refractivity contribution in [1.29, 1.82) is 0 Å². The third-order valence-electron chi connectivity index (χ3n) is 4.52. The molecule has 144 valence electrons. The van der Waals surface area contributed by atoms with Crippen molar-refractivity contribution < 1.29 is 18.5 Å². The molecule has 0 unspecified atom stereocenters. The summed E-state index contributed by atoms with van der Waals surface area (Å²) < 4.78 is 18.2. The molecule has 1 aromatic carbocycles. The molecule has 3 rings (SSSR count). The molecular formula is C20H24FN3O3. The van der Waals surface area contributed by atoms with Crippen LogP contribution in [0.4, 0.5) is 4.39 Å². The minimum Gasteiger partial charge on any atom is -0.359 e. The number of unbranched alkanes of at least 4 members (excludes halogenated alkanes) is 1. The second kappa shape index (κ2) is 8.79. The van der Waals surface area contributed by atoms with E-state index in [0.717, 1.165) is 31.2 Å². The highest BCUT2D eigenvalue weighted by atomic mass is 19.1. The number of aromatic nitrogens is 1. The predicted molar refractivity (Wildman–Crippen MR) is 97.1 cm³/mol. The van der Waals surface area contributed by atoms with Crippen LogP contribution < -0.4 is 5.32 Å². The first-order valence-electron chi connectivity index (χ1n) is 9.34. The highest BCUT2D eigenvalue weighted by Gasteiger charge is 2.33. The predicted octanol–water partition coefficient (Wildman–Crippen LogP) is 3.28. The average Bonchev–Trinajstić information content (AvgIpc) is 3.42. The van der Waals surface area contributed by atoms with Crippen molar-refractivity contribution in [3.63, 3.8) is 0 Å². The lowest BCUT2D eigenvalue weighted by Crippen LogP contribution is -2.32. The van der Waals surface area contributed by atoms with E-state index in [0.29, 0.717) is 18.8 Å². The molecule has 1 aliphatic rings. The molecule has 0 bridgehead atoms. The Bertz CT molecular complexity index is 784. The molecule has 0 atom stereocenters. The molecule has 7 heteroatoms. The summed E-state index contributed by atoms with van der Waals surface area (Å²) in [5.74, 6) is 0.0972. The van der Waals surface area contributed by atoms with Gasteiger partial charge >= 0.3 is 0 Å². The van der Waals surface area contributed by atoms with Gasteiger partial charge in [-0.2, -0.15) is 0 Å². The van der Waals surface area contributed by atoms with E-state index in [9.17, 15) is 14.0 Å². The maximum absolute atomic E-state index is 12.9. The standard InChI is InChI=1S/C20H24FN3O3/c1-2-3-10-24(20(26)15-6-7-15)13-17-11-18(23-27-17)19(25)22-12-14-4-8-16(21)9-5-14/h4-5,8-9,11,15H,2-3,6-7,10,12-13H2,1H3,(H,22,25). The monoisotopic (exact) mass is 373 g/mol. The van der Waals surface area contributed by atoms with Gasteiger partial charge in [-0.25, -0.2) is 4.39 Å². The van der Waals surface area contributed by atoms with Crippen molar-refractivity contribution >= 4 is 11.8 Å². The summed E-state index contributed by atoms with van der Waals surface area (Å²) >= 11 is 0. The van der Waals surface area contributed by atoms with Gasteiger partial charge in [0.15, 0.2) is 11.5 Å². The number of benzene rings is 1. The van der Waals surface area contributed by atoms with Gasteiger partial charge in [-0.15, -0.1) is 0 Å². The highest BCUT2D eigenvalue weighted by molar-refractivity contribution is 5.92.